The van der Waals surface area contributed by atoms with Crippen molar-refractivity contribution >= 4 is 23.1 Å². The van der Waals surface area contributed by atoms with Crippen LogP contribution in [0.3, 0.4) is 0 Å². The SMILES string of the molecule is CN(Cc1cccs1)C(=O)C1(/C(N)=N/O)CC1. The zero-order valence-corrected chi connectivity index (χ0v) is 10.4. The van der Waals surface area contributed by atoms with Gasteiger partial charge in [0.25, 0.3) is 0 Å². The van der Waals surface area contributed by atoms with Gasteiger partial charge in [-0.2, -0.15) is 0 Å². The number of oxime groups is 1. The van der Waals surface area contributed by atoms with Gasteiger partial charge in [0.2, 0.25) is 5.91 Å². The summed E-state index contributed by atoms with van der Waals surface area (Å²) >= 11 is 1.61. The molecule has 0 spiro atoms. The Kier molecular flexibility index (Phi) is 3.06. The van der Waals surface area contributed by atoms with Crippen LogP contribution in [-0.2, 0) is 11.3 Å². The molecule has 1 aliphatic carbocycles. The van der Waals surface area contributed by atoms with E-state index < -0.39 is 5.41 Å². The van der Waals surface area contributed by atoms with Crippen LogP contribution in [0, 0.1) is 5.41 Å². The Bertz CT molecular complexity index is 438. The number of amidine groups is 1. The fourth-order valence-electron chi connectivity index (χ4n) is 1.87. The molecule has 1 heterocycles. The van der Waals surface area contributed by atoms with Crippen molar-refractivity contribution in [3.8, 4) is 0 Å². The largest absolute Gasteiger partial charge is 0.409 e. The zero-order chi connectivity index (χ0) is 12.5. The van der Waals surface area contributed by atoms with E-state index in [2.05, 4.69) is 5.16 Å². The van der Waals surface area contributed by atoms with E-state index in [-0.39, 0.29) is 11.7 Å². The minimum Gasteiger partial charge on any atom is -0.409 e. The van der Waals surface area contributed by atoms with Crippen molar-refractivity contribution in [2.24, 2.45) is 16.3 Å². The van der Waals surface area contributed by atoms with Crippen molar-refractivity contribution in [3.63, 3.8) is 0 Å². The van der Waals surface area contributed by atoms with Gasteiger partial charge in [-0.1, -0.05) is 11.2 Å². The van der Waals surface area contributed by atoms with Gasteiger partial charge < -0.3 is 15.8 Å². The van der Waals surface area contributed by atoms with Crippen LogP contribution in [0.2, 0.25) is 0 Å². The summed E-state index contributed by atoms with van der Waals surface area (Å²) in [6.07, 6.45) is 1.33. The van der Waals surface area contributed by atoms with Crippen molar-refractivity contribution in [1.82, 2.24) is 4.90 Å². The molecule has 1 amide bonds. The third kappa shape index (κ3) is 2.12. The van der Waals surface area contributed by atoms with Crippen molar-refractivity contribution in [2.45, 2.75) is 19.4 Å². The molecule has 0 aliphatic heterocycles. The van der Waals surface area contributed by atoms with Gasteiger partial charge in [0.1, 0.15) is 5.41 Å². The average Bonchev–Trinajstić information content (AvgIpc) is 2.99. The molecule has 17 heavy (non-hydrogen) atoms. The molecule has 2 rings (SSSR count). The molecule has 6 heteroatoms. The molecule has 5 nitrogen and oxygen atoms in total. The molecule has 0 radical (unpaired) electrons. The van der Waals surface area contributed by atoms with E-state index in [1.807, 2.05) is 17.5 Å². The Balaban J connectivity index is 2.05. The molecule has 0 bridgehead atoms. The molecule has 1 aromatic heterocycles. The lowest BCUT2D eigenvalue weighted by atomic mass is 10.0. The molecular formula is C11H15N3O2S. The quantitative estimate of drug-likeness (QED) is 0.366. The van der Waals surface area contributed by atoms with Gasteiger partial charge in [-0.25, -0.2) is 0 Å². The van der Waals surface area contributed by atoms with Gasteiger partial charge in [-0.15, -0.1) is 11.3 Å². The van der Waals surface area contributed by atoms with Crippen molar-refractivity contribution in [2.75, 3.05) is 7.05 Å². The van der Waals surface area contributed by atoms with Crippen LogP contribution in [0.1, 0.15) is 17.7 Å². The van der Waals surface area contributed by atoms with E-state index in [4.69, 9.17) is 10.9 Å². The number of hydrogen-bond acceptors (Lipinski definition) is 4. The molecule has 1 aromatic rings. The highest BCUT2D eigenvalue weighted by molar-refractivity contribution is 7.09. The van der Waals surface area contributed by atoms with Crippen molar-refractivity contribution in [1.29, 1.82) is 0 Å². The molecule has 0 aromatic carbocycles. The highest BCUT2D eigenvalue weighted by atomic mass is 32.1. The maximum absolute atomic E-state index is 12.2. The number of carbonyl (C=O) groups is 1. The van der Waals surface area contributed by atoms with E-state index >= 15 is 0 Å². The molecule has 0 saturated heterocycles. The monoisotopic (exact) mass is 253 g/mol. The molecule has 92 valence electrons. The number of carbonyl (C=O) groups excluding carboxylic acids is 1. The molecule has 0 atom stereocenters. The number of rotatable bonds is 4. The summed E-state index contributed by atoms with van der Waals surface area (Å²) in [6, 6.07) is 3.94. The lowest BCUT2D eigenvalue weighted by molar-refractivity contribution is -0.133. The number of nitrogens with zero attached hydrogens (tertiary/aromatic N) is 2. The van der Waals surface area contributed by atoms with E-state index in [0.717, 1.165) is 4.88 Å². The van der Waals surface area contributed by atoms with E-state index in [1.165, 1.54) is 0 Å². The lowest BCUT2D eigenvalue weighted by Gasteiger charge is -2.22. The second-order valence-electron chi connectivity index (χ2n) is 4.31. The molecule has 3 N–H and O–H groups in total. The summed E-state index contributed by atoms with van der Waals surface area (Å²) in [4.78, 5) is 15.0. The number of amides is 1. The third-order valence-electron chi connectivity index (χ3n) is 3.08. The minimum atomic E-state index is -0.749. The normalized spacial score (nSPS) is 17.8. The summed E-state index contributed by atoms with van der Waals surface area (Å²) in [5, 5.41) is 13.6. The zero-order valence-electron chi connectivity index (χ0n) is 9.59. The lowest BCUT2D eigenvalue weighted by Crippen LogP contribution is -2.41. The third-order valence-corrected chi connectivity index (χ3v) is 3.94. The van der Waals surface area contributed by atoms with Gasteiger partial charge in [0, 0.05) is 11.9 Å². The first-order chi connectivity index (χ1) is 8.10. The number of hydrogen-bond donors (Lipinski definition) is 2. The highest BCUT2D eigenvalue weighted by Gasteiger charge is 2.55. The topological polar surface area (TPSA) is 78.9 Å². The first kappa shape index (κ1) is 11.9. The van der Waals surface area contributed by atoms with Crippen LogP contribution < -0.4 is 5.73 Å². The van der Waals surface area contributed by atoms with Gasteiger partial charge in [0.05, 0.1) is 6.54 Å². The van der Waals surface area contributed by atoms with Crippen molar-refractivity contribution in [3.05, 3.63) is 22.4 Å². The van der Waals surface area contributed by atoms with Crippen LogP contribution in [0.4, 0.5) is 0 Å². The summed E-state index contributed by atoms with van der Waals surface area (Å²) in [5.74, 6) is -0.0401. The Hall–Kier alpha value is -1.56. The predicted octanol–water partition coefficient (Wildman–Crippen LogP) is 1.23. The van der Waals surface area contributed by atoms with Gasteiger partial charge >= 0.3 is 0 Å². The fourth-order valence-corrected chi connectivity index (χ4v) is 2.63. The first-order valence-electron chi connectivity index (χ1n) is 5.36. The smallest absolute Gasteiger partial charge is 0.236 e. The number of thiophene rings is 1. The van der Waals surface area contributed by atoms with Crippen LogP contribution in [0.5, 0.6) is 0 Å². The van der Waals surface area contributed by atoms with Crippen LogP contribution >= 0.6 is 11.3 Å². The minimum absolute atomic E-state index is 0.0283. The van der Waals surface area contributed by atoms with Crippen LogP contribution in [0.25, 0.3) is 0 Å². The highest BCUT2D eigenvalue weighted by Crippen LogP contribution is 2.47. The van der Waals surface area contributed by atoms with Crippen molar-refractivity contribution < 1.29 is 10.0 Å². The summed E-state index contributed by atoms with van der Waals surface area (Å²) in [7, 11) is 1.74. The second kappa shape index (κ2) is 4.37. The van der Waals surface area contributed by atoms with Gasteiger partial charge in [0.15, 0.2) is 5.84 Å². The number of nitrogens with two attached hydrogens (primary N) is 1. The molecule has 1 fully saturated rings. The average molecular weight is 253 g/mol. The van der Waals surface area contributed by atoms with Gasteiger partial charge in [-0.05, 0) is 24.3 Å². The summed E-state index contributed by atoms with van der Waals surface area (Å²) in [5.41, 5.74) is 4.83. The Labute approximate surface area is 104 Å². The maximum Gasteiger partial charge on any atom is 0.236 e. The van der Waals surface area contributed by atoms with E-state index in [0.29, 0.717) is 19.4 Å². The van der Waals surface area contributed by atoms with Gasteiger partial charge in [-0.3, -0.25) is 4.79 Å². The predicted molar refractivity (Wildman–Crippen MR) is 65.9 cm³/mol. The summed E-state index contributed by atoms with van der Waals surface area (Å²) in [6.45, 7) is 0.566. The standard InChI is InChI=1S/C11H15N3O2S/c1-14(7-8-3-2-6-17-8)10(15)11(4-5-11)9(12)13-16/h2-3,6,16H,4-5,7H2,1H3,(H2,12,13). The molecule has 1 saturated carbocycles. The molecule has 0 unspecified atom stereocenters. The van der Waals surface area contributed by atoms with E-state index in [1.54, 1.807) is 23.3 Å². The maximum atomic E-state index is 12.2. The first-order valence-corrected chi connectivity index (χ1v) is 6.24. The second-order valence-corrected chi connectivity index (χ2v) is 5.34. The molecular weight excluding hydrogens is 238 g/mol. The van der Waals surface area contributed by atoms with Crippen LogP contribution in [-0.4, -0.2) is 28.9 Å². The Morgan fingerprint density at radius 3 is 2.88 bits per heavy atom. The van der Waals surface area contributed by atoms with E-state index in [9.17, 15) is 4.79 Å². The Morgan fingerprint density at radius 2 is 2.41 bits per heavy atom. The molecule has 1 aliphatic rings. The Morgan fingerprint density at radius 1 is 1.71 bits per heavy atom. The fraction of sp³-hybridized carbons (Fsp3) is 0.455. The summed E-state index contributed by atoms with van der Waals surface area (Å²) < 4.78 is 0. The van der Waals surface area contributed by atoms with Crippen LogP contribution in [0.15, 0.2) is 22.7 Å².